The van der Waals surface area contributed by atoms with Gasteiger partial charge in [-0.25, -0.2) is 4.79 Å². The van der Waals surface area contributed by atoms with E-state index in [1.165, 1.54) is 0 Å². The second-order valence-corrected chi connectivity index (χ2v) is 15.3. The summed E-state index contributed by atoms with van der Waals surface area (Å²) in [5.74, 6) is -0.312. The van der Waals surface area contributed by atoms with Gasteiger partial charge in [-0.2, -0.15) is 0 Å². The van der Waals surface area contributed by atoms with Crippen LogP contribution in [0.2, 0.25) is 0 Å². The number of unbranched alkanes of at least 4 members (excludes halogenated alkanes) is 2. The quantitative estimate of drug-likeness (QED) is 0.0965. The molecule has 290 valence electrons. The molecule has 0 bridgehead atoms. The van der Waals surface area contributed by atoms with Crippen molar-refractivity contribution in [3.05, 3.63) is 77.7 Å². The Bertz CT molecular complexity index is 1620. The normalized spacial score (nSPS) is 25.4. The lowest BCUT2D eigenvalue weighted by molar-refractivity contribution is -0.253. The number of nitrogens with zero attached hydrogens (tertiary/aromatic N) is 3. The Hall–Kier alpha value is -3.93. The van der Waals surface area contributed by atoms with E-state index in [0.717, 1.165) is 53.9 Å². The lowest BCUT2D eigenvalue weighted by Gasteiger charge is -2.59. The van der Waals surface area contributed by atoms with E-state index in [1.807, 2.05) is 58.0 Å². The Balaban J connectivity index is 1.73. The van der Waals surface area contributed by atoms with E-state index in [1.54, 1.807) is 24.9 Å². The van der Waals surface area contributed by atoms with Crippen molar-refractivity contribution < 1.29 is 38.8 Å². The fourth-order valence-electron chi connectivity index (χ4n) is 8.20. The van der Waals surface area contributed by atoms with E-state index in [-0.39, 0.29) is 44.2 Å². The molecule has 6 atom stereocenters. The maximum atomic E-state index is 13.6. The number of benzene rings is 1. The summed E-state index contributed by atoms with van der Waals surface area (Å²) in [6, 6.07) is 11.2. The van der Waals surface area contributed by atoms with Crippen LogP contribution in [-0.4, -0.2) is 82.8 Å². The van der Waals surface area contributed by atoms with Crippen molar-refractivity contribution in [1.82, 2.24) is 9.88 Å². The maximum Gasteiger partial charge on any atom is 0.409 e. The molecule has 11 nitrogen and oxygen atoms in total. The van der Waals surface area contributed by atoms with Crippen molar-refractivity contribution >= 4 is 11.8 Å². The minimum atomic E-state index is -1.33. The first-order valence-electron chi connectivity index (χ1n) is 19.2. The number of oxime groups is 1. The van der Waals surface area contributed by atoms with Crippen LogP contribution >= 0.6 is 0 Å². The van der Waals surface area contributed by atoms with Crippen molar-refractivity contribution in [3.8, 4) is 11.5 Å². The third-order valence-corrected chi connectivity index (χ3v) is 10.4. The number of hydrogen-bond acceptors (Lipinski definition) is 10. The molecule has 1 saturated carbocycles. The van der Waals surface area contributed by atoms with Crippen LogP contribution in [0.25, 0.3) is 0 Å². The van der Waals surface area contributed by atoms with Gasteiger partial charge in [0.15, 0.2) is 0 Å². The van der Waals surface area contributed by atoms with Crippen LogP contribution in [-0.2, 0) is 20.9 Å². The third kappa shape index (κ3) is 9.24. The molecule has 2 heterocycles. The van der Waals surface area contributed by atoms with E-state index < -0.39 is 29.4 Å². The molecule has 2 N–H and O–H groups in total. The van der Waals surface area contributed by atoms with Gasteiger partial charge in [0.05, 0.1) is 30.5 Å². The molecular weight excluding hydrogens is 674 g/mol. The van der Waals surface area contributed by atoms with Crippen LogP contribution < -0.4 is 9.47 Å². The van der Waals surface area contributed by atoms with Gasteiger partial charge in [0, 0.05) is 43.9 Å². The van der Waals surface area contributed by atoms with E-state index in [0.29, 0.717) is 37.4 Å². The second-order valence-electron chi connectivity index (χ2n) is 15.3. The Morgan fingerprint density at radius 2 is 1.89 bits per heavy atom. The number of fused-ring (bicyclic) bond motifs is 2. The highest BCUT2D eigenvalue weighted by atomic mass is 16.7. The van der Waals surface area contributed by atoms with Crippen molar-refractivity contribution in [2.24, 2.45) is 22.9 Å². The Morgan fingerprint density at radius 1 is 1.13 bits per heavy atom. The largest absolute Gasteiger partial charge is 0.487 e. The lowest BCUT2D eigenvalue weighted by atomic mass is 9.55. The molecule has 2 aromatic rings. The first-order valence-corrected chi connectivity index (χ1v) is 19.2. The van der Waals surface area contributed by atoms with Gasteiger partial charge in [0.1, 0.15) is 29.7 Å². The zero-order valence-corrected chi connectivity index (χ0v) is 32.4. The number of aromatic nitrogens is 1. The number of carbonyl (C=O) groups excluding carboxylic acids is 1. The average molecular weight is 734 g/mol. The number of amides is 1. The number of hydrogen-bond donors (Lipinski definition) is 2. The third-order valence-electron chi connectivity index (χ3n) is 10.4. The zero-order chi connectivity index (χ0) is 38.2. The van der Waals surface area contributed by atoms with Crippen molar-refractivity contribution in [3.63, 3.8) is 0 Å². The SMILES string of the molecule is C=CCOC12Oc3ccc(OCc4cccc(C)n4)cc3C3C(CCCCO)C(CCCCO)C=C(C(=NOC(C)(C)C)CC1N(C)C(=O)OCC)C32. The van der Waals surface area contributed by atoms with Gasteiger partial charge < -0.3 is 38.9 Å². The summed E-state index contributed by atoms with van der Waals surface area (Å²) in [5, 5.41) is 24.4. The zero-order valence-electron chi connectivity index (χ0n) is 32.4. The van der Waals surface area contributed by atoms with Crippen LogP contribution in [0.4, 0.5) is 4.79 Å². The molecule has 0 saturated heterocycles. The number of ether oxygens (including phenoxy) is 4. The van der Waals surface area contributed by atoms with Gasteiger partial charge in [0.2, 0.25) is 5.79 Å². The highest BCUT2D eigenvalue weighted by Crippen LogP contribution is 2.61. The fourth-order valence-corrected chi connectivity index (χ4v) is 8.20. The number of pyridine rings is 1. The molecule has 1 aromatic carbocycles. The topological polar surface area (TPSA) is 132 Å². The summed E-state index contributed by atoms with van der Waals surface area (Å²) in [7, 11) is 1.72. The summed E-state index contributed by atoms with van der Waals surface area (Å²) < 4.78 is 26.0. The van der Waals surface area contributed by atoms with Crippen LogP contribution in [0.3, 0.4) is 0 Å². The van der Waals surface area contributed by atoms with E-state index in [9.17, 15) is 15.0 Å². The molecule has 1 fully saturated rings. The Morgan fingerprint density at radius 3 is 2.57 bits per heavy atom. The molecule has 1 aromatic heterocycles. The number of allylic oxidation sites excluding steroid dienone is 1. The van der Waals surface area contributed by atoms with Gasteiger partial charge in [-0.05, 0) is 108 Å². The first kappa shape index (κ1) is 40.3. The molecular formula is C42H59N3O8. The number of aliphatic hydroxyl groups is 2. The molecule has 2 aliphatic carbocycles. The minimum Gasteiger partial charge on any atom is -0.487 e. The summed E-state index contributed by atoms with van der Waals surface area (Å²) in [6.45, 7) is 14.5. The average Bonchev–Trinajstić information content (AvgIpc) is 3.13. The lowest BCUT2D eigenvalue weighted by Crippen LogP contribution is -2.69. The van der Waals surface area contributed by atoms with E-state index in [2.05, 4.69) is 23.7 Å². The molecule has 3 aliphatic rings. The summed E-state index contributed by atoms with van der Waals surface area (Å²) in [5.41, 5.74) is 3.91. The monoisotopic (exact) mass is 733 g/mol. The molecule has 0 spiro atoms. The van der Waals surface area contributed by atoms with Crippen molar-refractivity contribution in [1.29, 1.82) is 0 Å². The standard InChI is InChI=1S/C42H59N3O8/c1-8-23-51-42-37(45(7)40(48)49-9-2)26-35(44-53-41(4,5)6)33-24-29(16-10-12-21-46)32(18-11-13-22-47)38(39(33)42)34-25-31(19-20-36(34)52-42)50-27-30-17-14-15-28(3)43-30/h8,14-15,17,19-20,24-25,29,32,37-39,46-47H,1,9-13,16,18,21-23,26-27H2,2-7H3. The van der Waals surface area contributed by atoms with Crippen LogP contribution in [0.15, 0.2) is 65.9 Å². The molecule has 6 unspecified atom stereocenters. The van der Waals surface area contributed by atoms with E-state index >= 15 is 0 Å². The smallest absolute Gasteiger partial charge is 0.409 e. The minimum absolute atomic E-state index is 0.105. The number of carbonyl (C=O) groups is 1. The van der Waals surface area contributed by atoms with Crippen LogP contribution in [0.5, 0.6) is 11.5 Å². The number of aliphatic hydroxyl groups excluding tert-OH is 2. The molecule has 1 amide bonds. The molecule has 11 heteroatoms. The maximum absolute atomic E-state index is 13.6. The molecule has 1 aliphatic heterocycles. The molecule has 5 rings (SSSR count). The predicted molar refractivity (Wildman–Crippen MR) is 204 cm³/mol. The predicted octanol–water partition coefficient (Wildman–Crippen LogP) is 7.49. The van der Waals surface area contributed by atoms with Gasteiger partial charge in [-0.15, -0.1) is 6.58 Å². The Kier molecular flexibility index (Phi) is 13.6. The molecule has 53 heavy (non-hydrogen) atoms. The van der Waals surface area contributed by atoms with Gasteiger partial charge in [0.25, 0.3) is 0 Å². The fraction of sp³-hybridized carbons (Fsp3) is 0.595. The highest BCUT2D eigenvalue weighted by molar-refractivity contribution is 6.03. The van der Waals surface area contributed by atoms with Gasteiger partial charge in [-0.1, -0.05) is 36.2 Å². The highest BCUT2D eigenvalue weighted by Gasteiger charge is 2.65. The van der Waals surface area contributed by atoms with Crippen LogP contribution in [0.1, 0.15) is 95.5 Å². The second kappa shape index (κ2) is 17.9. The summed E-state index contributed by atoms with van der Waals surface area (Å²) >= 11 is 0. The number of aryl methyl sites for hydroxylation is 1. The van der Waals surface area contributed by atoms with Crippen molar-refractivity contribution in [2.45, 2.75) is 110 Å². The van der Waals surface area contributed by atoms with Gasteiger partial charge >= 0.3 is 6.09 Å². The number of rotatable bonds is 17. The van der Waals surface area contributed by atoms with E-state index in [4.69, 9.17) is 28.9 Å². The Labute approximate surface area is 315 Å². The van der Waals surface area contributed by atoms with Gasteiger partial charge in [-0.3, -0.25) is 4.98 Å². The van der Waals surface area contributed by atoms with Crippen molar-refractivity contribution in [2.75, 3.05) is 33.5 Å². The summed E-state index contributed by atoms with van der Waals surface area (Å²) in [4.78, 5) is 25.9. The van der Waals surface area contributed by atoms with Crippen LogP contribution in [0, 0.1) is 24.7 Å². The molecule has 0 radical (unpaired) electrons. The first-order chi connectivity index (χ1) is 25.5. The number of likely N-dealkylation sites (N-methyl/N-ethyl adjacent to an activating group) is 1. The summed E-state index contributed by atoms with van der Waals surface area (Å²) in [6.07, 6.45) is 8.62.